The Morgan fingerprint density at radius 1 is 1.25 bits per heavy atom. The number of carbonyl (C=O) groups is 2. The number of ether oxygens (including phenoxy) is 1. The number of amides is 1. The zero-order valence-electron chi connectivity index (χ0n) is 12.4. The molecule has 5 heteroatoms. The molecule has 1 N–H and O–H groups in total. The highest BCUT2D eigenvalue weighted by molar-refractivity contribution is 5.85. The number of likely N-dealkylation sites (N-methyl/N-ethyl adjacent to an activating group) is 1. The summed E-state index contributed by atoms with van der Waals surface area (Å²) < 4.78 is 5.53. The number of carbonyl (C=O) groups excluding carboxylic acids is 1. The lowest BCUT2D eigenvalue weighted by atomic mass is 9.95. The van der Waals surface area contributed by atoms with E-state index in [1.54, 1.807) is 11.9 Å². The summed E-state index contributed by atoms with van der Waals surface area (Å²) in [6.45, 7) is 3.89. The fraction of sp³-hybridized carbons (Fsp3) is 0.867. The predicted octanol–water partition coefficient (Wildman–Crippen LogP) is 1.62. The molecular weight excluding hydrogens is 258 g/mol. The summed E-state index contributed by atoms with van der Waals surface area (Å²) in [6, 6.07) is 0. The maximum Gasteiger partial charge on any atom is 0.307 e. The van der Waals surface area contributed by atoms with Crippen molar-refractivity contribution in [2.75, 3.05) is 26.8 Å². The first-order valence-corrected chi connectivity index (χ1v) is 7.54. The van der Waals surface area contributed by atoms with E-state index in [2.05, 4.69) is 0 Å². The molecule has 2 saturated carbocycles. The Morgan fingerprint density at radius 3 is 2.50 bits per heavy atom. The van der Waals surface area contributed by atoms with Gasteiger partial charge in [0.25, 0.3) is 0 Å². The molecule has 2 aliphatic rings. The molecule has 0 aromatic heterocycles. The van der Waals surface area contributed by atoms with Crippen molar-refractivity contribution in [2.24, 2.45) is 23.7 Å². The van der Waals surface area contributed by atoms with Crippen molar-refractivity contribution in [3.63, 3.8) is 0 Å². The van der Waals surface area contributed by atoms with Crippen LogP contribution < -0.4 is 0 Å². The van der Waals surface area contributed by atoms with Gasteiger partial charge in [0, 0.05) is 20.2 Å². The van der Waals surface area contributed by atoms with Crippen LogP contribution in [0.5, 0.6) is 0 Å². The van der Waals surface area contributed by atoms with Crippen LogP contribution in [0.2, 0.25) is 0 Å². The Bertz CT molecular complexity index is 367. The van der Waals surface area contributed by atoms with E-state index in [4.69, 9.17) is 4.74 Å². The predicted molar refractivity (Wildman–Crippen MR) is 74.2 cm³/mol. The number of hydrogen-bond donors (Lipinski definition) is 1. The average Bonchev–Trinajstić information content (AvgIpc) is 3.14. The zero-order chi connectivity index (χ0) is 14.7. The van der Waals surface area contributed by atoms with Crippen LogP contribution in [0.3, 0.4) is 0 Å². The lowest BCUT2D eigenvalue weighted by Gasteiger charge is -2.23. The van der Waals surface area contributed by atoms with Crippen molar-refractivity contribution < 1.29 is 19.4 Å². The Labute approximate surface area is 120 Å². The molecule has 3 atom stereocenters. The maximum atomic E-state index is 12.4. The number of carboxylic acid groups (broad SMARTS) is 1. The third-order valence-corrected chi connectivity index (χ3v) is 4.43. The molecule has 0 aromatic carbocycles. The van der Waals surface area contributed by atoms with Gasteiger partial charge in [0.15, 0.2) is 0 Å². The van der Waals surface area contributed by atoms with Gasteiger partial charge in [0.2, 0.25) is 5.91 Å². The minimum atomic E-state index is -0.842. The molecular formula is C15H25NO4. The monoisotopic (exact) mass is 283 g/mol. The molecule has 0 aromatic rings. The molecule has 0 heterocycles. The lowest BCUT2D eigenvalue weighted by Crippen LogP contribution is -2.38. The Balaban J connectivity index is 1.77. The molecule has 1 unspecified atom stereocenters. The highest BCUT2D eigenvalue weighted by Crippen LogP contribution is 2.37. The quantitative estimate of drug-likeness (QED) is 0.721. The van der Waals surface area contributed by atoms with Gasteiger partial charge in [0.05, 0.1) is 18.4 Å². The number of aliphatic carboxylic acids is 1. The summed E-state index contributed by atoms with van der Waals surface area (Å²) in [7, 11) is 1.74. The van der Waals surface area contributed by atoms with Gasteiger partial charge in [-0.05, 0) is 37.5 Å². The van der Waals surface area contributed by atoms with Crippen LogP contribution >= 0.6 is 0 Å². The minimum Gasteiger partial charge on any atom is -0.481 e. The van der Waals surface area contributed by atoms with E-state index in [-0.39, 0.29) is 11.8 Å². The van der Waals surface area contributed by atoms with Gasteiger partial charge >= 0.3 is 5.97 Å². The van der Waals surface area contributed by atoms with Crippen LogP contribution in [0, 0.1) is 23.7 Å². The zero-order valence-corrected chi connectivity index (χ0v) is 12.4. The summed E-state index contributed by atoms with van der Waals surface area (Å²) in [4.78, 5) is 25.2. The third kappa shape index (κ3) is 3.95. The fourth-order valence-electron chi connectivity index (χ4n) is 2.97. The second kappa shape index (κ2) is 6.57. The molecule has 2 fully saturated rings. The number of hydrogen-bond acceptors (Lipinski definition) is 3. The van der Waals surface area contributed by atoms with E-state index in [0.717, 1.165) is 12.5 Å². The summed E-state index contributed by atoms with van der Waals surface area (Å²) in [5.41, 5.74) is 0. The summed E-state index contributed by atoms with van der Waals surface area (Å²) in [5.74, 6) is -0.737. The lowest BCUT2D eigenvalue weighted by molar-refractivity contribution is -0.148. The van der Waals surface area contributed by atoms with Gasteiger partial charge in [-0.1, -0.05) is 6.92 Å². The molecule has 2 aliphatic carbocycles. The standard InChI is InChI=1S/C15H25NO4/c1-10-7-12(13(8-10)15(18)19)14(17)16(2)5-6-20-9-11-3-4-11/h10-13H,3-9H2,1-2H3,(H,18,19)/t10?,12-,13+/m0/s1. The van der Waals surface area contributed by atoms with Crippen molar-refractivity contribution in [2.45, 2.75) is 32.6 Å². The highest BCUT2D eigenvalue weighted by Gasteiger charge is 2.42. The van der Waals surface area contributed by atoms with Gasteiger partial charge in [-0.15, -0.1) is 0 Å². The van der Waals surface area contributed by atoms with Crippen LogP contribution in [0.25, 0.3) is 0 Å². The van der Waals surface area contributed by atoms with Crippen LogP contribution in [0.4, 0.5) is 0 Å². The van der Waals surface area contributed by atoms with Gasteiger partial charge < -0.3 is 14.7 Å². The molecule has 0 radical (unpaired) electrons. The fourth-order valence-corrected chi connectivity index (χ4v) is 2.97. The summed E-state index contributed by atoms with van der Waals surface area (Å²) >= 11 is 0. The highest BCUT2D eigenvalue weighted by atomic mass is 16.5. The number of nitrogens with zero attached hydrogens (tertiary/aromatic N) is 1. The molecule has 0 bridgehead atoms. The second-order valence-corrected chi connectivity index (χ2v) is 6.41. The smallest absolute Gasteiger partial charge is 0.307 e. The van der Waals surface area contributed by atoms with Crippen molar-refractivity contribution in [3.05, 3.63) is 0 Å². The first kappa shape index (κ1) is 15.3. The van der Waals surface area contributed by atoms with E-state index < -0.39 is 11.9 Å². The van der Waals surface area contributed by atoms with E-state index in [1.165, 1.54) is 12.8 Å². The van der Waals surface area contributed by atoms with E-state index in [1.807, 2.05) is 6.92 Å². The first-order chi connectivity index (χ1) is 9.49. The number of carboxylic acids is 1. The molecule has 1 amide bonds. The molecule has 0 spiro atoms. The van der Waals surface area contributed by atoms with Crippen molar-refractivity contribution in [3.8, 4) is 0 Å². The third-order valence-electron chi connectivity index (χ3n) is 4.43. The summed E-state index contributed by atoms with van der Waals surface area (Å²) in [5, 5.41) is 9.22. The van der Waals surface area contributed by atoms with Gasteiger partial charge in [-0.25, -0.2) is 0 Å². The SMILES string of the molecule is CC1C[C@H](C(=O)N(C)CCOCC2CC2)[C@H](C(=O)O)C1. The Morgan fingerprint density at radius 2 is 1.90 bits per heavy atom. The van der Waals surface area contributed by atoms with Crippen LogP contribution in [-0.4, -0.2) is 48.7 Å². The first-order valence-electron chi connectivity index (χ1n) is 7.54. The van der Waals surface area contributed by atoms with Crippen molar-refractivity contribution in [1.82, 2.24) is 4.90 Å². The Hall–Kier alpha value is -1.10. The van der Waals surface area contributed by atoms with Gasteiger partial charge in [0.1, 0.15) is 0 Å². The number of rotatable bonds is 7. The molecule has 5 nitrogen and oxygen atoms in total. The molecule has 20 heavy (non-hydrogen) atoms. The maximum absolute atomic E-state index is 12.4. The van der Waals surface area contributed by atoms with E-state index in [9.17, 15) is 14.7 Å². The van der Waals surface area contributed by atoms with E-state index in [0.29, 0.717) is 31.9 Å². The van der Waals surface area contributed by atoms with Gasteiger partial charge in [-0.2, -0.15) is 0 Å². The second-order valence-electron chi connectivity index (χ2n) is 6.41. The van der Waals surface area contributed by atoms with Crippen molar-refractivity contribution >= 4 is 11.9 Å². The Kier molecular flexibility index (Phi) is 5.02. The molecule has 0 saturated heterocycles. The van der Waals surface area contributed by atoms with E-state index >= 15 is 0 Å². The molecule has 2 rings (SSSR count). The molecule has 0 aliphatic heterocycles. The van der Waals surface area contributed by atoms with Crippen molar-refractivity contribution in [1.29, 1.82) is 0 Å². The largest absolute Gasteiger partial charge is 0.481 e. The van der Waals surface area contributed by atoms with Gasteiger partial charge in [-0.3, -0.25) is 9.59 Å². The summed E-state index contributed by atoms with van der Waals surface area (Å²) in [6.07, 6.45) is 3.81. The van der Waals surface area contributed by atoms with Crippen LogP contribution in [-0.2, 0) is 14.3 Å². The normalized spacial score (nSPS) is 29.4. The molecule has 114 valence electrons. The minimum absolute atomic E-state index is 0.0447. The average molecular weight is 283 g/mol. The van der Waals surface area contributed by atoms with Crippen LogP contribution in [0.15, 0.2) is 0 Å². The van der Waals surface area contributed by atoms with Crippen LogP contribution in [0.1, 0.15) is 32.6 Å². The topological polar surface area (TPSA) is 66.8 Å².